The zero-order chi connectivity index (χ0) is 24.6. The Morgan fingerprint density at radius 2 is 1.85 bits per heavy atom. The summed E-state index contributed by atoms with van der Waals surface area (Å²) in [7, 11) is -2.17. The van der Waals surface area contributed by atoms with E-state index in [0.717, 1.165) is 4.47 Å². The monoisotopic (exact) mass is 567 g/mol. The van der Waals surface area contributed by atoms with Crippen LogP contribution in [0.15, 0.2) is 57.9 Å². The van der Waals surface area contributed by atoms with Crippen molar-refractivity contribution in [1.29, 1.82) is 0 Å². The van der Waals surface area contributed by atoms with E-state index >= 15 is 0 Å². The van der Waals surface area contributed by atoms with E-state index in [2.05, 4.69) is 41.5 Å². The normalized spacial score (nSPS) is 11.1. The van der Waals surface area contributed by atoms with Gasteiger partial charge in [0.15, 0.2) is 0 Å². The predicted molar refractivity (Wildman–Crippen MR) is 132 cm³/mol. The second-order valence-electron chi connectivity index (χ2n) is 6.89. The van der Waals surface area contributed by atoms with E-state index in [1.54, 1.807) is 36.4 Å². The van der Waals surface area contributed by atoms with Crippen LogP contribution in [0.25, 0.3) is 0 Å². The average Bonchev–Trinajstić information content (AvgIpc) is 3.26. The van der Waals surface area contributed by atoms with Crippen LogP contribution in [0, 0.1) is 0 Å². The molecule has 0 atom stereocenters. The van der Waals surface area contributed by atoms with Crippen LogP contribution >= 0.6 is 27.3 Å². The second-order valence-corrected chi connectivity index (χ2v) is 10.6. The minimum atomic E-state index is -3.70. The number of halogens is 1. The van der Waals surface area contributed by atoms with E-state index in [4.69, 9.17) is 4.74 Å². The van der Waals surface area contributed by atoms with Crippen molar-refractivity contribution < 1.29 is 22.7 Å². The number of sulfonamides is 1. The molecule has 1 aromatic heterocycles. The van der Waals surface area contributed by atoms with Gasteiger partial charge in [0.25, 0.3) is 5.91 Å². The molecule has 2 aromatic carbocycles. The zero-order valence-electron chi connectivity index (χ0n) is 18.1. The Balaban J connectivity index is 1.40. The highest BCUT2D eigenvalue weighted by Gasteiger charge is 2.15. The maximum absolute atomic E-state index is 12.2. The lowest BCUT2D eigenvalue weighted by molar-refractivity contribution is -0.116. The Kier molecular flexibility index (Phi) is 9.10. The zero-order valence-corrected chi connectivity index (χ0v) is 21.3. The fourth-order valence-corrected chi connectivity index (χ4v) is 4.78. The minimum absolute atomic E-state index is 0.0633. The first-order valence-corrected chi connectivity index (χ1v) is 13.2. The van der Waals surface area contributed by atoms with E-state index in [1.807, 2.05) is 0 Å². The number of rotatable bonds is 11. The fourth-order valence-electron chi connectivity index (χ4n) is 2.73. The lowest BCUT2D eigenvalue weighted by atomic mass is 10.2. The van der Waals surface area contributed by atoms with Crippen LogP contribution in [0.2, 0.25) is 0 Å². The summed E-state index contributed by atoms with van der Waals surface area (Å²) in [4.78, 5) is 24.5. The minimum Gasteiger partial charge on any atom is -0.497 e. The number of methoxy groups -OCH3 is 1. The molecule has 0 aliphatic rings. The van der Waals surface area contributed by atoms with Gasteiger partial charge in [-0.15, -0.1) is 10.2 Å². The molecule has 10 nitrogen and oxygen atoms in total. The Bertz CT molecular complexity index is 1250. The lowest BCUT2D eigenvalue weighted by Gasteiger charge is -2.06. The molecule has 2 amide bonds. The molecule has 0 saturated carbocycles. The molecule has 34 heavy (non-hydrogen) atoms. The van der Waals surface area contributed by atoms with E-state index < -0.39 is 15.9 Å². The number of amides is 2. The number of hydrogen-bond donors (Lipinski definition) is 3. The van der Waals surface area contributed by atoms with Crippen LogP contribution in [0.3, 0.4) is 0 Å². The molecule has 1 heterocycles. The SMILES string of the molecule is COc1cccc(C(=O)NCCc2nnc(NC(=O)CCNS(=O)(=O)c3ccc(Br)cc3)s2)c1. The third-order valence-electron chi connectivity index (χ3n) is 4.44. The molecule has 0 fully saturated rings. The maximum Gasteiger partial charge on any atom is 0.251 e. The van der Waals surface area contributed by atoms with E-state index in [9.17, 15) is 18.0 Å². The van der Waals surface area contributed by atoms with Crippen molar-refractivity contribution in [2.24, 2.45) is 0 Å². The number of hydrogen-bond acceptors (Lipinski definition) is 8. The lowest BCUT2D eigenvalue weighted by Crippen LogP contribution is -2.27. The molecule has 3 rings (SSSR count). The summed E-state index contributed by atoms with van der Waals surface area (Å²) in [6.45, 7) is 0.280. The van der Waals surface area contributed by atoms with Crippen LogP contribution in [0.4, 0.5) is 5.13 Å². The molecule has 180 valence electrons. The Morgan fingerprint density at radius 1 is 1.09 bits per heavy atom. The van der Waals surface area contributed by atoms with Crippen molar-refractivity contribution in [2.75, 3.05) is 25.5 Å². The number of nitrogens with zero attached hydrogens (tertiary/aromatic N) is 2. The first-order chi connectivity index (χ1) is 16.3. The molecule has 0 saturated heterocycles. The number of ether oxygens (including phenoxy) is 1. The van der Waals surface area contributed by atoms with Gasteiger partial charge >= 0.3 is 0 Å². The molecule has 0 radical (unpaired) electrons. The van der Waals surface area contributed by atoms with Crippen LogP contribution in [0.1, 0.15) is 21.8 Å². The molecule has 0 unspecified atom stereocenters. The number of carbonyl (C=O) groups excluding carboxylic acids is 2. The summed E-state index contributed by atoms with van der Waals surface area (Å²) in [5.74, 6) is -0.0340. The van der Waals surface area contributed by atoms with Crippen molar-refractivity contribution in [2.45, 2.75) is 17.7 Å². The van der Waals surface area contributed by atoms with Gasteiger partial charge in [-0.05, 0) is 42.5 Å². The smallest absolute Gasteiger partial charge is 0.251 e. The standard InChI is InChI=1S/C21H22BrN5O5S2/c1-32-16-4-2-3-14(13-16)20(29)23-11-10-19-26-27-21(33-19)25-18(28)9-12-24-34(30,31)17-7-5-15(22)6-8-17/h2-8,13,24H,9-12H2,1H3,(H,23,29)(H,25,27,28). The summed E-state index contributed by atoms with van der Waals surface area (Å²) in [6, 6.07) is 13.0. The first kappa shape index (κ1) is 25.7. The number of benzene rings is 2. The molecule has 0 bridgehead atoms. The van der Waals surface area contributed by atoms with E-state index in [0.29, 0.717) is 34.4 Å². The van der Waals surface area contributed by atoms with Crippen molar-refractivity contribution in [3.05, 3.63) is 63.6 Å². The molecule has 3 aromatic rings. The molecular formula is C21H22BrN5O5S2. The van der Waals surface area contributed by atoms with Gasteiger partial charge in [-0.3, -0.25) is 9.59 Å². The van der Waals surface area contributed by atoms with Gasteiger partial charge in [0.05, 0.1) is 12.0 Å². The predicted octanol–water partition coefficient (Wildman–Crippen LogP) is 2.59. The van der Waals surface area contributed by atoms with Crippen molar-refractivity contribution >= 4 is 54.2 Å². The molecule has 0 spiro atoms. The van der Waals surface area contributed by atoms with Crippen molar-refractivity contribution in [3.8, 4) is 5.75 Å². The average molecular weight is 568 g/mol. The topological polar surface area (TPSA) is 139 Å². The third kappa shape index (κ3) is 7.58. The van der Waals surface area contributed by atoms with Gasteiger partial charge < -0.3 is 15.4 Å². The van der Waals surface area contributed by atoms with Crippen LogP contribution < -0.4 is 20.1 Å². The molecule has 3 N–H and O–H groups in total. The van der Waals surface area contributed by atoms with Crippen LogP contribution in [-0.2, 0) is 21.2 Å². The Labute approximate surface area is 209 Å². The van der Waals surface area contributed by atoms with Gasteiger partial charge in [-0.2, -0.15) is 0 Å². The summed E-state index contributed by atoms with van der Waals surface area (Å²) >= 11 is 4.43. The van der Waals surface area contributed by atoms with Crippen molar-refractivity contribution in [3.63, 3.8) is 0 Å². The van der Waals surface area contributed by atoms with Gasteiger partial charge in [0, 0.05) is 36.0 Å². The third-order valence-corrected chi connectivity index (χ3v) is 7.34. The quantitative estimate of drug-likeness (QED) is 0.323. The fraction of sp³-hybridized carbons (Fsp3) is 0.238. The van der Waals surface area contributed by atoms with Gasteiger partial charge in [0.1, 0.15) is 10.8 Å². The number of carbonyl (C=O) groups is 2. The highest BCUT2D eigenvalue weighted by Crippen LogP contribution is 2.17. The van der Waals surface area contributed by atoms with Gasteiger partial charge in [0.2, 0.25) is 21.1 Å². The Hall–Kier alpha value is -2.87. The van der Waals surface area contributed by atoms with E-state index in [1.165, 1.54) is 30.6 Å². The maximum atomic E-state index is 12.2. The summed E-state index contributed by atoms with van der Waals surface area (Å²) in [5.41, 5.74) is 0.486. The number of nitrogens with one attached hydrogen (secondary N) is 3. The molecular weight excluding hydrogens is 546 g/mol. The first-order valence-electron chi connectivity index (χ1n) is 10.1. The van der Waals surface area contributed by atoms with Crippen LogP contribution in [-0.4, -0.2) is 50.6 Å². The van der Waals surface area contributed by atoms with Gasteiger partial charge in [-0.25, -0.2) is 13.1 Å². The number of aromatic nitrogens is 2. The number of anilines is 1. The van der Waals surface area contributed by atoms with Crippen molar-refractivity contribution in [1.82, 2.24) is 20.2 Å². The highest BCUT2D eigenvalue weighted by molar-refractivity contribution is 9.10. The Morgan fingerprint density at radius 3 is 2.59 bits per heavy atom. The summed E-state index contributed by atoms with van der Waals surface area (Å²) < 4.78 is 32.8. The molecule has 0 aliphatic carbocycles. The second kappa shape index (κ2) is 12.0. The highest BCUT2D eigenvalue weighted by atomic mass is 79.9. The van der Waals surface area contributed by atoms with Crippen LogP contribution in [0.5, 0.6) is 5.75 Å². The molecule has 0 aliphatic heterocycles. The summed E-state index contributed by atoms with van der Waals surface area (Å²) in [6.07, 6.45) is 0.373. The molecule has 13 heteroatoms. The van der Waals surface area contributed by atoms with Gasteiger partial charge in [-0.1, -0.05) is 33.3 Å². The van der Waals surface area contributed by atoms with E-state index in [-0.39, 0.29) is 23.8 Å². The summed E-state index contributed by atoms with van der Waals surface area (Å²) in [5, 5.41) is 14.2. The largest absolute Gasteiger partial charge is 0.497 e.